The van der Waals surface area contributed by atoms with E-state index >= 15 is 0 Å². The summed E-state index contributed by atoms with van der Waals surface area (Å²) in [7, 11) is 0. The summed E-state index contributed by atoms with van der Waals surface area (Å²) in [6.07, 6.45) is 6.25. The molecule has 2 saturated carbocycles. The van der Waals surface area contributed by atoms with Crippen LogP contribution in [0.25, 0.3) is 0 Å². The third kappa shape index (κ3) is 5.61. The number of nitrogens with zero attached hydrogens (tertiary/aromatic N) is 1. The van der Waals surface area contributed by atoms with Gasteiger partial charge in [-0.1, -0.05) is 32.6 Å². The van der Waals surface area contributed by atoms with E-state index in [0.717, 1.165) is 18.8 Å². The molecule has 2 fully saturated rings. The van der Waals surface area contributed by atoms with E-state index in [1.165, 1.54) is 38.5 Å². The molecule has 0 aromatic heterocycles. The Morgan fingerprint density at radius 3 is 2.03 bits per heavy atom. The Labute approximate surface area is 181 Å². The number of rotatable bonds is 7. The van der Waals surface area contributed by atoms with Crippen molar-refractivity contribution in [2.24, 2.45) is 28.7 Å². The monoisotopic (exact) mass is 443 g/mol. The molecule has 1 aromatic rings. The van der Waals surface area contributed by atoms with E-state index in [2.05, 4.69) is 24.1 Å². The summed E-state index contributed by atoms with van der Waals surface area (Å²) >= 11 is 4.33. The van der Waals surface area contributed by atoms with Crippen LogP contribution in [0, 0.1) is 35.3 Å². The second-order valence-corrected chi connectivity index (χ2v) is 8.97. The van der Waals surface area contributed by atoms with Gasteiger partial charge >= 0.3 is 6.11 Å². The SMILES string of the molecule is CCCC1CCC(C2CCC(C(F)(F)Oc3cc(F)c(N=C=S)c(F)c3)CC2)CC1. The number of hydrogen-bond donors (Lipinski definition) is 0. The molecule has 0 radical (unpaired) electrons. The minimum absolute atomic E-state index is 0.366. The van der Waals surface area contributed by atoms with Crippen LogP contribution in [0.5, 0.6) is 5.75 Å². The van der Waals surface area contributed by atoms with Crippen molar-refractivity contribution in [1.82, 2.24) is 0 Å². The topological polar surface area (TPSA) is 21.6 Å². The Morgan fingerprint density at radius 1 is 1.00 bits per heavy atom. The summed E-state index contributed by atoms with van der Waals surface area (Å²) in [4.78, 5) is 3.27. The van der Waals surface area contributed by atoms with Crippen molar-refractivity contribution < 1.29 is 22.3 Å². The van der Waals surface area contributed by atoms with Gasteiger partial charge in [0.25, 0.3) is 0 Å². The van der Waals surface area contributed by atoms with Crippen LogP contribution in [0.15, 0.2) is 17.1 Å². The van der Waals surface area contributed by atoms with Crippen molar-refractivity contribution in [2.45, 2.75) is 77.2 Å². The maximum atomic E-state index is 14.7. The Balaban J connectivity index is 1.55. The molecule has 0 atom stereocenters. The zero-order chi connectivity index (χ0) is 21.7. The highest BCUT2D eigenvalue weighted by Gasteiger charge is 2.45. The molecule has 2 aliphatic rings. The zero-order valence-corrected chi connectivity index (χ0v) is 18.1. The number of thiocarbonyl (C=S) groups is 1. The Hall–Kier alpha value is -1.46. The predicted molar refractivity (Wildman–Crippen MR) is 112 cm³/mol. The van der Waals surface area contributed by atoms with Crippen LogP contribution in [-0.2, 0) is 0 Å². The van der Waals surface area contributed by atoms with Gasteiger partial charge in [-0.2, -0.15) is 13.8 Å². The summed E-state index contributed by atoms with van der Waals surface area (Å²) in [5.41, 5.74) is -0.658. The smallest absolute Gasteiger partial charge is 0.400 e. The summed E-state index contributed by atoms with van der Waals surface area (Å²) < 4.78 is 61.9. The molecule has 0 bridgehead atoms. The van der Waals surface area contributed by atoms with Gasteiger partial charge < -0.3 is 4.74 Å². The van der Waals surface area contributed by atoms with Gasteiger partial charge in [0, 0.05) is 12.1 Å². The number of halogens is 4. The van der Waals surface area contributed by atoms with Crippen molar-refractivity contribution in [3.8, 4) is 5.75 Å². The standard InChI is InChI=1S/C23H29F4NOS/c1-2-3-15-4-6-16(7-5-15)17-8-10-18(11-9-17)23(26,27)29-19-12-20(24)22(28-14-30)21(25)13-19/h12-13,15-18H,2-11H2,1H3. The van der Waals surface area contributed by atoms with Crippen molar-refractivity contribution >= 4 is 23.1 Å². The quantitative estimate of drug-likeness (QED) is 0.241. The summed E-state index contributed by atoms with van der Waals surface area (Å²) in [5.74, 6) is -1.74. The molecule has 30 heavy (non-hydrogen) atoms. The van der Waals surface area contributed by atoms with Crippen molar-refractivity contribution in [3.05, 3.63) is 23.8 Å². The highest BCUT2D eigenvalue weighted by atomic mass is 32.1. The number of ether oxygens (including phenoxy) is 1. The predicted octanol–water partition coefficient (Wildman–Crippen LogP) is 8.08. The third-order valence-corrected chi connectivity index (χ3v) is 7.00. The summed E-state index contributed by atoms with van der Waals surface area (Å²) in [6.45, 7) is 2.22. The highest BCUT2D eigenvalue weighted by molar-refractivity contribution is 7.78. The number of alkyl halides is 2. The summed E-state index contributed by atoms with van der Waals surface area (Å²) in [6, 6.07) is 1.42. The van der Waals surface area contributed by atoms with E-state index < -0.39 is 35.1 Å². The fourth-order valence-corrected chi connectivity index (χ4v) is 5.37. The maximum absolute atomic E-state index is 14.7. The number of isothiocyanates is 1. The van der Waals surface area contributed by atoms with Crippen LogP contribution in [0.2, 0.25) is 0 Å². The van der Waals surface area contributed by atoms with E-state index in [4.69, 9.17) is 4.74 Å². The van der Waals surface area contributed by atoms with Gasteiger partial charge in [0.1, 0.15) is 11.4 Å². The number of benzene rings is 1. The van der Waals surface area contributed by atoms with E-state index in [-0.39, 0.29) is 0 Å². The van der Waals surface area contributed by atoms with Gasteiger partial charge in [0.2, 0.25) is 0 Å². The molecule has 166 valence electrons. The van der Waals surface area contributed by atoms with Crippen molar-refractivity contribution in [2.75, 3.05) is 0 Å². The first-order chi connectivity index (χ1) is 14.3. The Bertz CT molecular complexity index is 741. The van der Waals surface area contributed by atoms with Crippen LogP contribution in [0.4, 0.5) is 23.2 Å². The van der Waals surface area contributed by atoms with E-state index in [0.29, 0.717) is 36.8 Å². The molecule has 3 rings (SSSR count). The normalized spacial score (nSPS) is 27.4. The van der Waals surface area contributed by atoms with Crippen LogP contribution < -0.4 is 4.74 Å². The second-order valence-electron chi connectivity index (χ2n) is 8.78. The first-order valence-electron chi connectivity index (χ1n) is 11.0. The van der Waals surface area contributed by atoms with E-state index in [1.54, 1.807) is 0 Å². The number of aliphatic imine (C=N–C) groups is 1. The molecule has 0 saturated heterocycles. The van der Waals surface area contributed by atoms with Gasteiger partial charge in [-0.3, -0.25) is 0 Å². The molecule has 1 aromatic carbocycles. The lowest BCUT2D eigenvalue weighted by Gasteiger charge is -2.39. The molecule has 0 aliphatic heterocycles. The molecule has 0 heterocycles. The minimum atomic E-state index is -3.47. The Kier molecular flexibility index (Phi) is 7.92. The van der Waals surface area contributed by atoms with Gasteiger partial charge in [0.05, 0.1) is 11.1 Å². The lowest BCUT2D eigenvalue weighted by Crippen LogP contribution is -2.38. The van der Waals surface area contributed by atoms with Gasteiger partial charge in [-0.25, -0.2) is 8.78 Å². The highest BCUT2D eigenvalue weighted by Crippen LogP contribution is 2.46. The van der Waals surface area contributed by atoms with Crippen LogP contribution in [-0.4, -0.2) is 11.3 Å². The molecule has 0 amide bonds. The molecular weight excluding hydrogens is 414 g/mol. The van der Waals surface area contributed by atoms with E-state index in [9.17, 15) is 17.6 Å². The lowest BCUT2D eigenvalue weighted by molar-refractivity contribution is -0.224. The minimum Gasteiger partial charge on any atom is -0.432 e. The fraction of sp³-hybridized carbons (Fsp3) is 0.696. The fourth-order valence-electron chi connectivity index (χ4n) is 5.28. The average Bonchev–Trinajstić information content (AvgIpc) is 2.71. The molecule has 0 N–H and O–H groups in total. The van der Waals surface area contributed by atoms with Crippen molar-refractivity contribution in [1.29, 1.82) is 0 Å². The lowest BCUT2D eigenvalue weighted by atomic mass is 9.68. The molecule has 0 unspecified atom stereocenters. The molecular formula is C23H29F4NOS. The van der Waals surface area contributed by atoms with Crippen LogP contribution in [0.1, 0.15) is 71.1 Å². The first-order valence-corrected chi connectivity index (χ1v) is 11.4. The number of hydrogen-bond acceptors (Lipinski definition) is 3. The van der Waals surface area contributed by atoms with Crippen molar-refractivity contribution in [3.63, 3.8) is 0 Å². The second kappa shape index (κ2) is 10.2. The molecule has 2 nitrogen and oxygen atoms in total. The first kappa shape index (κ1) is 23.2. The Morgan fingerprint density at radius 2 is 1.53 bits per heavy atom. The van der Waals surface area contributed by atoms with Gasteiger partial charge in [-0.15, -0.1) is 0 Å². The third-order valence-electron chi connectivity index (χ3n) is 6.90. The molecule has 2 aliphatic carbocycles. The molecule has 0 spiro atoms. The summed E-state index contributed by atoms with van der Waals surface area (Å²) in [5, 5.41) is 1.86. The largest absolute Gasteiger partial charge is 0.432 e. The van der Waals surface area contributed by atoms with Gasteiger partial charge in [-0.05, 0) is 68.5 Å². The maximum Gasteiger partial charge on any atom is 0.400 e. The molecule has 7 heteroatoms. The van der Waals surface area contributed by atoms with Crippen LogP contribution >= 0.6 is 12.2 Å². The van der Waals surface area contributed by atoms with Gasteiger partial charge in [0.15, 0.2) is 11.6 Å². The zero-order valence-electron chi connectivity index (χ0n) is 17.3. The van der Waals surface area contributed by atoms with Crippen LogP contribution in [0.3, 0.4) is 0 Å². The average molecular weight is 444 g/mol. The van der Waals surface area contributed by atoms with E-state index in [1.807, 2.05) is 5.16 Å².